The van der Waals surface area contributed by atoms with Crippen LogP contribution in [0.5, 0.6) is 5.75 Å². The maximum Gasteiger partial charge on any atom is 0.165 e. The number of benzene rings is 2. The van der Waals surface area contributed by atoms with Gasteiger partial charge in [-0.15, -0.1) is 0 Å². The van der Waals surface area contributed by atoms with Crippen molar-refractivity contribution in [2.75, 3.05) is 12.4 Å². The summed E-state index contributed by atoms with van der Waals surface area (Å²) in [6, 6.07) is 13.5. The fourth-order valence-electron chi connectivity index (χ4n) is 2.12. The Kier molecular flexibility index (Phi) is 4.61. The van der Waals surface area contributed by atoms with Crippen molar-refractivity contribution in [3.63, 3.8) is 0 Å². The highest BCUT2D eigenvalue weighted by atomic mass is 19.1. The topological polar surface area (TPSA) is 21.3 Å². The Morgan fingerprint density at radius 3 is 2.45 bits per heavy atom. The fraction of sp³-hybridized carbons (Fsp3) is 0.294. The van der Waals surface area contributed by atoms with Gasteiger partial charge in [0, 0.05) is 17.8 Å². The van der Waals surface area contributed by atoms with Crippen LogP contribution in [0.1, 0.15) is 31.0 Å². The third-order valence-corrected chi connectivity index (χ3v) is 3.42. The summed E-state index contributed by atoms with van der Waals surface area (Å²) < 4.78 is 18.3. The Labute approximate surface area is 119 Å². The molecule has 0 saturated carbocycles. The molecule has 0 bridgehead atoms. The van der Waals surface area contributed by atoms with Crippen molar-refractivity contribution >= 4 is 5.69 Å². The van der Waals surface area contributed by atoms with Crippen LogP contribution in [0.3, 0.4) is 0 Å². The van der Waals surface area contributed by atoms with E-state index in [4.69, 9.17) is 4.74 Å². The molecule has 2 aromatic rings. The standard InChI is InChI=1S/C17H20FNO/c1-4-13-5-7-14(8-6-13)12(2)19-15-9-10-16(18)17(11-15)20-3/h5-12,19H,4H2,1-3H3. The Morgan fingerprint density at radius 2 is 1.85 bits per heavy atom. The molecule has 0 saturated heterocycles. The Morgan fingerprint density at radius 1 is 1.15 bits per heavy atom. The van der Waals surface area contributed by atoms with E-state index in [2.05, 4.69) is 43.4 Å². The SMILES string of the molecule is CCc1ccc(C(C)Nc2ccc(F)c(OC)c2)cc1. The van der Waals surface area contributed by atoms with Crippen molar-refractivity contribution < 1.29 is 9.13 Å². The molecule has 0 fully saturated rings. The number of ether oxygens (including phenoxy) is 1. The fourth-order valence-corrected chi connectivity index (χ4v) is 2.12. The minimum atomic E-state index is -0.349. The number of halogens is 1. The first-order valence-corrected chi connectivity index (χ1v) is 6.83. The van der Waals surface area contributed by atoms with E-state index in [1.807, 2.05) is 0 Å². The summed E-state index contributed by atoms with van der Waals surface area (Å²) in [6.45, 7) is 4.22. The summed E-state index contributed by atoms with van der Waals surface area (Å²) >= 11 is 0. The first kappa shape index (κ1) is 14.4. The second kappa shape index (κ2) is 6.42. The molecule has 2 aromatic carbocycles. The number of aryl methyl sites for hydroxylation is 1. The lowest BCUT2D eigenvalue weighted by Gasteiger charge is -2.17. The summed E-state index contributed by atoms with van der Waals surface area (Å²) in [4.78, 5) is 0. The maximum absolute atomic E-state index is 13.4. The molecule has 1 N–H and O–H groups in total. The molecule has 0 aliphatic carbocycles. The number of anilines is 1. The minimum Gasteiger partial charge on any atom is -0.494 e. The van der Waals surface area contributed by atoms with E-state index in [1.54, 1.807) is 12.1 Å². The molecule has 0 amide bonds. The molecule has 106 valence electrons. The molecule has 0 spiro atoms. The number of methoxy groups -OCH3 is 1. The van der Waals surface area contributed by atoms with E-state index in [0.29, 0.717) is 0 Å². The Bertz CT molecular complexity index is 566. The summed E-state index contributed by atoms with van der Waals surface area (Å²) in [5.41, 5.74) is 3.37. The smallest absolute Gasteiger partial charge is 0.165 e. The van der Waals surface area contributed by atoms with Gasteiger partial charge in [-0.2, -0.15) is 0 Å². The van der Waals surface area contributed by atoms with Crippen LogP contribution in [0, 0.1) is 5.82 Å². The van der Waals surface area contributed by atoms with E-state index < -0.39 is 0 Å². The molecular weight excluding hydrogens is 253 g/mol. The van der Waals surface area contributed by atoms with E-state index >= 15 is 0 Å². The molecule has 2 rings (SSSR count). The third-order valence-electron chi connectivity index (χ3n) is 3.42. The first-order valence-electron chi connectivity index (χ1n) is 6.83. The maximum atomic E-state index is 13.4. The lowest BCUT2D eigenvalue weighted by Crippen LogP contribution is -2.07. The third kappa shape index (κ3) is 3.29. The molecule has 0 heterocycles. The van der Waals surface area contributed by atoms with Crippen molar-refractivity contribution in [2.45, 2.75) is 26.3 Å². The summed E-state index contributed by atoms with van der Waals surface area (Å²) in [7, 11) is 1.47. The molecular formula is C17H20FNO. The van der Waals surface area contributed by atoms with Gasteiger partial charge in [0.2, 0.25) is 0 Å². The van der Waals surface area contributed by atoms with Gasteiger partial charge in [-0.3, -0.25) is 0 Å². The average molecular weight is 273 g/mol. The van der Waals surface area contributed by atoms with Gasteiger partial charge in [0.25, 0.3) is 0 Å². The van der Waals surface area contributed by atoms with Crippen LogP contribution in [0.2, 0.25) is 0 Å². The molecule has 0 aromatic heterocycles. The molecule has 1 atom stereocenters. The van der Waals surface area contributed by atoms with Crippen LogP contribution in [0.25, 0.3) is 0 Å². The number of nitrogens with one attached hydrogen (secondary N) is 1. The van der Waals surface area contributed by atoms with Gasteiger partial charge in [0.15, 0.2) is 11.6 Å². The summed E-state index contributed by atoms with van der Waals surface area (Å²) in [5.74, 6) is -0.0958. The van der Waals surface area contributed by atoms with Crippen LogP contribution < -0.4 is 10.1 Å². The van der Waals surface area contributed by atoms with Crippen molar-refractivity contribution in [1.82, 2.24) is 0 Å². The van der Waals surface area contributed by atoms with E-state index in [9.17, 15) is 4.39 Å². The predicted molar refractivity (Wildman–Crippen MR) is 80.8 cm³/mol. The van der Waals surface area contributed by atoms with Gasteiger partial charge >= 0.3 is 0 Å². The van der Waals surface area contributed by atoms with Crippen LogP contribution in [-0.2, 0) is 6.42 Å². The van der Waals surface area contributed by atoms with Gasteiger partial charge in [-0.1, -0.05) is 31.2 Å². The lowest BCUT2D eigenvalue weighted by molar-refractivity contribution is 0.387. The number of hydrogen-bond donors (Lipinski definition) is 1. The van der Waals surface area contributed by atoms with Crippen molar-refractivity contribution in [3.05, 3.63) is 59.4 Å². The molecule has 1 unspecified atom stereocenters. The number of hydrogen-bond acceptors (Lipinski definition) is 2. The largest absolute Gasteiger partial charge is 0.494 e. The zero-order chi connectivity index (χ0) is 14.5. The monoisotopic (exact) mass is 273 g/mol. The summed E-state index contributed by atoms with van der Waals surface area (Å²) in [6.07, 6.45) is 1.04. The molecule has 2 nitrogen and oxygen atoms in total. The molecule has 0 aliphatic heterocycles. The van der Waals surface area contributed by atoms with Gasteiger partial charge in [-0.25, -0.2) is 4.39 Å². The van der Waals surface area contributed by atoms with E-state index in [0.717, 1.165) is 12.1 Å². The van der Waals surface area contributed by atoms with Crippen molar-refractivity contribution in [3.8, 4) is 5.75 Å². The van der Waals surface area contributed by atoms with Crippen LogP contribution in [-0.4, -0.2) is 7.11 Å². The first-order chi connectivity index (χ1) is 9.63. The normalized spacial score (nSPS) is 12.0. The zero-order valence-electron chi connectivity index (χ0n) is 12.1. The average Bonchev–Trinajstić information content (AvgIpc) is 2.49. The van der Waals surface area contributed by atoms with Gasteiger partial charge in [-0.05, 0) is 36.6 Å². The Hall–Kier alpha value is -2.03. The summed E-state index contributed by atoms with van der Waals surface area (Å²) in [5, 5.41) is 3.35. The van der Waals surface area contributed by atoms with E-state index in [1.165, 1.54) is 24.3 Å². The molecule has 0 radical (unpaired) electrons. The van der Waals surface area contributed by atoms with Gasteiger partial charge < -0.3 is 10.1 Å². The molecule has 0 aliphatic rings. The van der Waals surface area contributed by atoms with Gasteiger partial charge in [0.05, 0.1) is 7.11 Å². The highest BCUT2D eigenvalue weighted by Gasteiger charge is 2.08. The highest BCUT2D eigenvalue weighted by Crippen LogP contribution is 2.25. The molecule has 20 heavy (non-hydrogen) atoms. The second-order valence-corrected chi connectivity index (χ2v) is 4.81. The predicted octanol–water partition coefficient (Wildman–Crippen LogP) is 4.57. The van der Waals surface area contributed by atoms with Crippen LogP contribution >= 0.6 is 0 Å². The Balaban J connectivity index is 2.12. The number of rotatable bonds is 5. The lowest BCUT2D eigenvalue weighted by atomic mass is 10.0. The minimum absolute atomic E-state index is 0.149. The zero-order valence-corrected chi connectivity index (χ0v) is 12.1. The van der Waals surface area contributed by atoms with E-state index in [-0.39, 0.29) is 17.6 Å². The van der Waals surface area contributed by atoms with Crippen LogP contribution in [0.4, 0.5) is 10.1 Å². The van der Waals surface area contributed by atoms with Crippen LogP contribution in [0.15, 0.2) is 42.5 Å². The second-order valence-electron chi connectivity index (χ2n) is 4.81. The van der Waals surface area contributed by atoms with Crippen molar-refractivity contribution in [2.24, 2.45) is 0 Å². The molecule has 3 heteroatoms. The van der Waals surface area contributed by atoms with Gasteiger partial charge in [0.1, 0.15) is 0 Å². The highest BCUT2D eigenvalue weighted by molar-refractivity contribution is 5.50. The quantitative estimate of drug-likeness (QED) is 0.861. The van der Waals surface area contributed by atoms with Crippen molar-refractivity contribution in [1.29, 1.82) is 0 Å².